The lowest BCUT2D eigenvalue weighted by atomic mass is 9.79. The van der Waals surface area contributed by atoms with E-state index in [0.29, 0.717) is 33.2 Å². The fraction of sp³-hybridized carbons (Fsp3) is 0.450. The molecule has 2 aliphatic heterocycles. The number of benzene rings is 1. The first-order chi connectivity index (χ1) is 14.0. The summed E-state index contributed by atoms with van der Waals surface area (Å²) in [5, 5.41) is 5.84. The molecule has 152 valence electrons. The second kappa shape index (κ2) is 7.32. The molecular weight excluding hydrogens is 410 g/mol. The van der Waals surface area contributed by atoms with Gasteiger partial charge < -0.3 is 24.7 Å². The van der Waals surface area contributed by atoms with E-state index in [9.17, 15) is 9.59 Å². The average Bonchev–Trinajstić information content (AvgIpc) is 3.31. The molecule has 0 spiro atoms. The van der Waals surface area contributed by atoms with E-state index in [-0.39, 0.29) is 42.8 Å². The number of aryl methyl sites for hydroxylation is 1. The summed E-state index contributed by atoms with van der Waals surface area (Å²) in [6.07, 6.45) is 2.11. The number of nitrogens with one attached hydrogen (secondary N) is 2. The van der Waals surface area contributed by atoms with Crippen molar-refractivity contribution in [3.05, 3.63) is 38.7 Å². The zero-order valence-electron chi connectivity index (χ0n) is 15.8. The van der Waals surface area contributed by atoms with E-state index in [1.54, 1.807) is 0 Å². The van der Waals surface area contributed by atoms with Gasteiger partial charge in [-0.25, -0.2) is 0 Å². The molecule has 2 N–H and O–H groups in total. The van der Waals surface area contributed by atoms with E-state index in [1.165, 1.54) is 16.9 Å². The summed E-state index contributed by atoms with van der Waals surface area (Å²) < 4.78 is 13.8. The summed E-state index contributed by atoms with van der Waals surface area (Å²) in [6.45, 7) is 2.35. The molecular formula is C20H21N3O4S2. The summed E-state index contributed by atoms with van der Waals surface area (Å²) in [5.74, 6) is -0.0966. The molecule has 9 heteroatoms. The summed E-state index contributed by atoms with van der Waals surface area (Å²) in [4.78, 5) is 26.2. The zero-order chi connectivity index (χ0) is 20.1. The van der Waals surface area contributed by atoms with Gasteiger partial charge in [0.05, 0.1) is 24.2 Å². The number of anilines is 2. The summed E-state index contributed by atoms with van der Waals surface area (Å²) in [6, 6.07) is 7.62. The first kappa shape index (κ1) is 18.9. The van der Waals surface area contributed by atoms with Crippen LogP contribution in [0.1, 0.15) is 41.0 Å². The van der Waals surface area contributed by atoms with Gasteiger partial charge in [-0.3, -0.25) is 9.59 Å². The molecule has 4 unspecified atom stereocenters. The van der Waals surface area contributed by atoms with Gasteiger partial charge in [0.2, 0.25) is 5.91 Å². The van der Waals surface area contributed by atoms with Crippen LogP contribution in [0.4, 0.5) is 11.5 Å². The van der Waals surface area contributed by atoms with Crippen molar-refractivity contribution >= 4 is 46.9 Å². The lowest BCUT2D eigenvalue weighted by Gasteiger charge is -2.40. The first-order valence-electron chi connectivity index (χ1n) is 9.75. The van der Waals surface area contributed by atoms with Crippen LogP contribution in [0.5, 0.6) is 0 Å². The molecule has 1 saturated carbocycles. The average molecular weight is 432 g/mol. The molecule has 2 amide bonds. The quantitative estimate of drug-likeness (QED) is 0.724. The number of carbonyl (C=O) groups excluding carboxylic acids is 2. The minimum Gasteiger partial charge on any atom is -0.349 e. The van der Waals surface area contributed by atoms with Gasteiger partial charge in [-0.2, -0.15) is 0 Å². The van der Waals surface area contributed by atoms with Crippen molar-refractivity contribution in [3.63, 3.8) is 0 Å². The molecule has 7 nitrogen and oxygen atoms in total. The number of amides is 2. The third-order valence-corrected chi connectivity index (χ3v) is 7.38. The number of nitrogens with zero attached hydrogens (tertiary/aromatic N) is 1. The number of aromatic nitrogens is 1. The lowest BCUT2D eigenvalue weighted by Crippen LogP contribution is -2.46. The van der Waals surface area contributed by atoms with Gasteiger partial charge in [0.15, 0.2) is 3.95 Å². The van der Waals surface area contributed by atoms with Crippen LogP contribution in [0.2, 0.25) is 0 Å². The van der Waals surface area contributed by atoms with Gasteiger partial charge >= 0.3 is 0 Å². The Hall–Kier alpha value is -2.07. The monoisotopic (exact) mass is 431 g/mol. The normalized spacial score (nSPS) is 27.6. The highest BCUT2D eigenvalue weighted by molar-refractivity contribution is 7.73. The van der Waals surface area contributed by atoms with Gasteiger partial charge in [0.25, 0.3) is 5.91 Å². The number of ether oxygens (including phenoxy) is 2. The minimum absolute atomic E-state index is 0.0360. The molecule has 0 bridgehead atoms. The molecule has 0 radical (unpaired) electrons. The smallest absolute Gasteiger partial charge is 0.269 e. The molecule has 2 fully saturated rings. The van der Waals surface area contributed by atoms with Crippen molar-refractivity contribution in [1.29, 1.82) is 0 Å². The number of hydrogen-bond acceptors (Lipinski definition) is 6. The largest absolute Gasteiger partial charge is 0.349 e. The van der Waals surface area contributed by atoms with Crippen LogP contribution in [0.25, 0.3) is 0 Å². The standard InChI is InChI=1S/C20H21N3O4S2/c1-2-10-3-5-11(6-4-10)21-19(25)16-17-22-18(24)12-7-14-15(27-9-26-14)8-13(12)23(17)20(28)29-16/h3-6,12-15H,2,7-9H2,1H3,(H,21,25)(H,22,24). The van der Waals surface area contributed by atoms with Crippen LogP contribution in [-0.2, 0) is 20.7 Å². The number of thiazole rings is 1. The Morgan fingerprint density at radius 2 is 2.00 bits per heavy atom. The summed E-state index contributed by atoms with van der Waals surface area (Å²) in [5.41, 5.74) is 1.91. The third kappa shape index (κ3) is 3.22. The van der Waals surface area contributed by atoms with E-state index in [1.807, 2.05) is 28.8 Å². The van der Waals surface area contributed by atoms with Crippen LogP contribution >= 0.6 is 23.6 Å². The number of carbonyl (C=O) groups is 2. The van der Waals surface area contributed by atoms with E-state index in [0.717, 1.165) is 6.42 Å². The topological polar surface area (TPSA) is 81.6 Å². The van der Waals surface area contributed by atoms with E-state index < -0.39 is 0 Å². The van der Waals surface area contributed by atoms with Crippen LogP contribution < -0.4 is 10.6 Å². The highest BCUT2D eigenvalue weighted by atomic mass is 32.1. The molecule has 1 saturated heterocycles. The molecule has 1 aromatic carbocycles. The highest BCUT2D eigenvalue weighted by Gasteiger charge is 2.48. The molecule has 5 rings (SSSR count). The Bertz CT molecular complexity index is 1030. The lowest BCUT2D eigenvalue weighted by molar-refractivity contribution is -0.125. The van der Waals surface area contributed by atoms with Gasteiger partial charge in [-0.05, 0) is 49.2 Å². The van der Waals surface area contributed by atoms with Crippen LogP contribution in [0.15, 0.2) is 24.3 Å². The fourth-order valence-corrected chi connectivity index (χ4v) is 5.79. The Kier molecular flexibility index (Phi) is 4.78. The third-order valence-electron chi connectivity index (χ3n) is 5.98. The maximum absolute atomic E-state index is 12.9. The Labute approximate surface area is 177 Å². The molecule has 29 heavy (non-hydrogen) atoms. The Morgan fingerprint density at radius 3 is 2.72 bits per heavy atom. The molecule has 4 atom stereocenters. The van der Waals surface area contributed by atoms with E-state index >= 15 is 0 Å². The van der Waals surface area contributed by atoms with Crippen LogP contribution in [0, 0.1) is 9.87 Å². The summed E-state index contributed by atoms with van der Waals surface area (Å²) >= 11 is 6.81. The van der Waals surface area contributed by atoms with Crippen molar-refractivity contribution < 1.29 is 19.1 Å². The summed E-state index contributed by atoms with van der Waals surface area (Å²) in [7, 11) is 0. The molecule has 1 aromatic heterocycles. The van der Waals surface area contributed by atoms with Crippen molar-refractivity contribution in [2.24, 2.45) is 5.92 Å². The zero-order valence-corrected chi connectivity index (χ0v) is 17.5. The Balaban J connectivity index is 1.45. The SMILES string of the molecule is CCc1ccc(NC(=O)c2sc(=S)n3c2NC(=O)C2CC4OCOC4CC23)cc1. The maximum Gasteiger partial charge on any atom is 0.269 e. The predicted octanol–water partition coefficient (Wildman–Crippen LogP) is 3.74. The van der Waals surface area contributed by atoms with E-state index in [4.69, 9.17) is 21.7 Å². The van der Waals surface area contributed by atoms with E-state index in [2.05, 4.69) is 17.6 Å². The number of fused-ring (bicyclic) bond motifs is 4. The highest BCUT2D eigenvalue weighted by Crippen LogP contribution is 2.45. The van der Waals surface area contributed by atoms with Gasteiger partial charge in [0, 0.05) is 5.69 Å². The van der Waals surface area contributed by atoms with Gasteiger partial charge in [-0.15, -0.1) is 0 Å². The Morgan fingerprint density at radius 1 is 1.28 bits per heavy atom. The minimum atomic E-state index is -0.271. The van der Waals surface area contributed by atoms with Crippen molar-refractivity contribution in [1.82, 2.24) is 4.57 Å². The van der Waals surface area contributed by atoms with Crippen molar-refractivity contribution in [2.45, 2.75) is 44.4 Å². The first-order valence-corrected chi connectivity index (χ1v) is 11.0. The van der Waals surface area contributed by atoms with Crippen LogP contribution in [-0.4, -0.2) is 35.4 Å². The molecule has 1 aliphatic carbocycles. The van der Waals surface area contributed by atoms with Gasteiger partial charge in [-0.1, -0.05) is 30.4 Å². The van der Waals surface area contributed by atoms with Gasteiger partial charge in [0.1, 0.15) is 17.5 Å². The van der Waals surface area contributed by atoms with Crippen molar-refractivity contribution in [3.8, 4) is 0 Å². The molecule has 2 aromatic rings. The predicted molar refractivity (Wildman–Crippen MR) is 112 cm³/mol. The number of rotatable bonds is 3. The molecule has 3 aliphatic rings. The van der Waals surface area contributed by atoms with Crippen LogP contribution in [0.3, 0.4) is 0 Å². The van der Waals surface area contributed by atoms with Crippen molar-refractivity contribution in [2.75, 3.05) is 17.4 Å². The second-order valence-corrected chi connectivity index (χ2v) is 9.23. The number of hydrogen-bond donors (Lipinski definition) is 2. The maximum atomic E-state index is 12.9. The molecule has 3 heterocycles. The second-order valence-electron chi connectivity index (χ2n) is 7.58. The fourth-order valence-electron chi connectivity index (χ4n) is 4.42.